The van der Waals surface area contributed by atoms with Gasteiger partial charge in [-0.25, -0.2) is 26.7 Å². The quantitative estimate of drug-likeness (QED) is 0.760. The van der Waals surface area contributed by atoms with Crippen molar-refractivity contribution in [1.82, 2.24) is 9.62 Å². The maximum atomic E-state index is 15.0. The van der Waals surface area contributed by atoms with E-state index in [1.807, 2.05) is 12.1 Å². The summed E-state index contributed by atoms with van der Waals surface area (Å²) in [6.07, 6.45) is 0.522. The fourth-order valence-electron chi connectivity index (χ4n) is 4.39. The summed E-state index contributed by atoms with van der Waals surface area (Å²) in [7, 11) is -3.48. The van der Waals surface area contributed by atoms with E-state index in [0.29, 0.717) is 24.0 Å². The minimum Gasteiger partial charge on any atom is -0.449 e. The molecule has 0 aromatic heterocycles. The smallest absolute Gasteiger partial charge is 0.410 e. The van der Waals surface area contributed by atoms with Gasteiger partial charge in [0.25, 0.3) is 5.92 Å². The van der Waals surface area contributed by atoms with Gasteiger partial charge < -0.3 is 9.64 Å². The number of hydrogen-bond donors (Lipinski definition) is 1. The number of nitrogens with zero attached hydrogens (tertiary/aromatic N) is 1. The molecule has 1 amide bonds. The van der Waals surface area contributed by atoms with Crippen LogP contribution >= 0.6 is 0 Å². The first-order chi connectivity index (χ1) is 14.6. The Bertz CT molecular complexity index is 1090. The summed E-state index contributed by atoms with van der Waals surface area (Å²) in [5, 5.41) is 0. The van der Waals surface area contributed by atoms with Crippen molar-refractivity contribution < 1.29 is 26.7 Å². The molecule has 2 heterocycles. The minimum absolute atomic E-state index is 0.112. The molecule has 4 rings (SSSR count). The Morgan fingerprint density at radius 3 is 2.71 bits per heavy atom. The molecule has 2 aliphatic heterocycles. The molecule has 2 aliphatic rings. The van der Waals surface area contributed by atoms with E-state index in [9.17, 15) is 13.2 Å². The van der Waals surface area contributed by atoms with Crippen molar-refractivity contribution in [3.8, 4) is 11.1 Å². The van der Waals surface area contributed by atoms with Gasteiger partial charge in [-0.15, -0.1) is 0 Å². The molecule has 2 atom stereocenters. The van der Waals surface area contributed by atoms with Crippen molar-refractivity contribution in [2.75, 3.05) is 19.4 Å². The fraction of sp³-hybridized carbons (Fsp3) is 0.409. The molecule has 31 heavy (non-hydrogen) atoms. The van der Waals surface area contributed by atoms with E-state index in [-0.39, 0.29) is 12.1 Å². The normalized spacial score (nSPS) is 23.6. The number of alkyl halides is 2. The molecule has 1 saturated heterocycles. The first-order valence-corrected chi connectivity index (χ1v) is 12.0. The molecule has 0 aliphatic carbocycles. The maximum absolute atomic E-state index is 15.0. The van der Waals surface area contributed by atoms with Crippen molar-refractivity contribution >= 4 is 16.1 Å². The van der Waals surface area contributed by atoms with Crippen molar-refractivity contribution in [2.24, 2.45) is 0 Å². The Kier molecular flexibility index (Phi) is 5.74. The number of sulfonamides is 1. The SMILES string of the molecule is CS(=O)(=O)NC1CCN2C(=O)OCCC(F)(F)c3ccccc3-c3cccc(c3)CC12. The Labute approximate surface area is 180 Å². The maximum Gasteiger partial charge on any atom is 0.410 e. The second-order valence-corrected chi connectivity index (χ2v) is 9.84. The van der Waals surface area contributed by atoms with E-state index in [1.165, 1.54) is 11.0 Å². The molecule has 1 N–H and O–H groups in total. The lowest BCUT2D eigenvalue weighted by molar-refractivity contribution is -0.0314. The van der Waals surface area contributed by atoms with Crippen molar-refractivity contribution in [1.29, 1.82) is 0 Å². The van der Waals surface area contributed by atoms with E-state index in [0.717, 1.165) is 11.8 Å². The lowest BCUT2D eigenvalue weighted by Crippen LogP contribution is -2.47. The second kappa shape index (κ2) is 8.20. The third-order valence-corrected chi connectivity index (χ3v) is 6.52. The van der Waals surface area contributed by atoms with Gasteiger partial charge >= 0.3 is 6.09 Å². The van der Waals surface area contributed by atoms with Gasteiger partial charge in [0.2, 0.25) is 10.0 Å². The van der Waals surface area contributed by atoms with Gasteiger partial charge in [0.1, 0.15) is 0 Å². The standard InChI is InChI=1S/C22H24F2N2O4S/c1-31(28,29)25-19-9-11-26-20(19)14-15-5-4-6-16(13-15)17-7-2-3-8-18(17)22(23,24)10-12-30-21(26)27/h2-8,13,19-20,25H,9-12,14H2,1H3. The van der Waals surface area contributed by atoms with E-state index < -0.39 is 47.2 Å². The molecule has 2 aromatic carbocycles. The number of hydrogen-bond acceptors (Lipinski definition) is 4. The number of amides is 1. The Morgan fingerprint density at radius 2 is 1.94 bits per heavy atom. The highest BCUT2D eigenvalue weighted by molar-refractivity contribution is 7.88. The van der Waals surface area contributed by atoms with E-state index in [2.05, 4.69) is 4.72 Å². The van der Waals surface area contributed by atoms with Crippen LogP contribution in [0.3, 0.4) is 0 Å². The summed E-state index contributed by atoms with van der Waals surface area (Å²) in [5.74, 6) is -3.17. The second-order valence-electron chi connectivity index (χ2n) is 8.06. The fourth-order valence-corrected chi connectivity index (χ4v) is 5.22. The number of nitrogens with one attached hydrogen (secondary N) is 1. The zero-order chi connectivity index (χ0) is 22.2. The molecule has 1 fully saturated rings. The average molecular weight is 451 g/mol. The van der Waals surface area contributed by atoms with Gasteiger partial charge in [-0.05, 0) is 29.5 Å². The zero-order valence-electron chi connectivity index (χ0n) is 17.1. The molecule has 0 saturated carbocycles. The highest BCUT2D eigenvalue weighted by Crippen LogP contribution is 2.39. The number of carbonyl (C=O) groups excluding carboxylic acids is 1. The van der Waals surface area contributed by atoms with Crippen LogP contribution in [0.25, 0.3) is 11.1 Å². The third kappa shape index (κ3) is 4.72. The van der Waals surface area contributed by atoms with Gasteiger partial charge in [-0.1, -0.05) is 48.5 Å². The lowest BCUT2D eigenvalue weighted by atomic mass is 9.92. The van der Waals surface area contributed by atoms with Crippen LogP contribution in [0.5, 0.6) is 0 Å². The Hall–Kier alpha value is -2.52. The molecule has 6 nitrogen and oxygen atoms in total. The molecular weight excluding hydrogens is 426 g/mol. The number of fused-ring (bicyclic) bond motifs is 5. The van der Waals surface area contributed by atoms with E-state index >= 15 is 8.78 Å². The molecular formula is C22H24F2N2O4S. The van der Waals surface area contributed by atoms with E-state index in [1.54, 1.807) is 30.3 Å². The first-order valence-electron chi connectivity index (χ1n) is 10.1. The average Bonchev–Trinajstić information content (AvgIpc) is 3.08. The molecule has 0 spiro atoms. The predicted molar refractivity (Wildman–Crippen MR) is 112 cm³/mol. The summed E-state index contributed by atoms with van der Waals surface area (Å²) >= 11 is 0. The van der Waals surface area contributed by atoms with E-state index in [4.69, 9.17) is 4.74 Å². The molecule has 2 bridgehead atoms. The highest BCUT2D eigenvalue weighted by atomic mass is 32.2. The Balaban J connectivity index is 1.77. The van der Waals surface area contributed by atoms with Crippen LogP contribution in [0, 0.1) is 0 Å². The molecule has 166 valence electrons. The van der Waals surface area contributed by atoms with Gasteiger partial charge in [-0.3, -0.25) is 0 Å². The van der Waals surface area contributed by atoms with Crippen molar-refractivity contribution in [3.05, 3.63) is 59.7 Å². The number of rotatable bonds is 2. The summed E-state index contributed by atoms with van der Waals surface area (Å²) in [4.78, 5) is 14.1. The largest absolute Gasteiger partial charge is 0.449 e. The summed E-state index contributed by atoms with van der Waals surface area (Å²) in [6, 6.07) is 12.6. The van der Waals surface area contributed by atoms with Crippen LogP contribution in [0.1, 0.15) is 24.0 Å². The lowest BCUT2D eigenvalue weighted by Gasteiger charge is -2.28. The number of carbonyl (C=O) groups is 1. The van der Waals surface area contributed by atoms with Gasteiger partial charge in [0, 0.05) is 18.2 Å². The number of ether oxygens (including phenoxy) is 1. The number of halogens is 2. The van der Waals surface area contributed by atoms with Gasteiger partial charge in [0.05, 0.1) is 25.3 Å². The molecule has 2 unspecified atom stereocenters. The van der Waals surface area contributed by atoms with Crippen LogP contribution in [0.4, 0.5) is 13.6 Å². The van der Waals surface area contributed by atoms with Gasteiger partial charge in [0.15, 0.2) is 0 Å². The first kappa shape index (κ1) is 21.7. The number of benzene rings is 2. The van der Waals surface area contributed by atoms with Crippen LogP contribution < -0.4 is 4.72 Å². The summed E-state index contributed by atoms with van der Waals surface area (Å²) in [6.45, 7) is -0.155. The molecule has 9 heteroatoms. The van der Waals surface area contributed by atoms with Crippen LogP contribution in [0.15, 0.2) is 48.5 Å². The third-order valence-electron chi connectivity index (χ3n) is 5.79. The monoisotopic (exact) mass is 450 g/mol. The predicted octanol–water partition coefficient (Wildman–Crippen LogP) is 3.52. The highest BCUT2D eigenvalue weighted by Gasteiger charge is 2.40. The van der Waals surface area contributed by atoms with Gasteiger partial charge in [-0.2, -0.15) is 0 Å². The van der Waals surface area contributed by atoms with Crippen LogP contribution in [-0.2, 0) is 27.1 Å². The molecule has 2 aromatic rings. The zero-order valence-corrected chi connectivity index (χ0v) is 17.9. The van der Waals surface area contributed by atoms with Crippen molar-refractivity contribution in [2.45, 2.75) is 37.3 Å². The van der Waals surface area contributed by atoms with Crippen LogP contribution in [-0.4, -0.2) is 50.9 Å². The summed E-state index contributed by atoms with van der Waals surface area (Å²) < 4.78 is 61.4. The Morgan fingerprint density at radius 1 is 1.16 bits per heavy atom. The summed E-state index contributed by atoms with van der Waals surface area (Å²) in [5.41, 5.74) is 1.78. The minimum atomic E-state index is -3.48. The van der Waals surface area contributed by atoms with Crippen LogP contribution in [0.2, 0.25) is 0 Å². The number of cyclic esters (lactones) is 1. The van der Waals surface area contributed by atoms with Crippen molar-refractivity contribution in [3.63, 3.8) is 0 Å². The topological polar surface area (TPSA) is 75.7 Å². The molecule has 0 radical (unpaired) electrons.